The molecule has 1 unspecified atom stereocenters. The number of aliphatic hydroxyl groups is 1. The van der Waals surface area contributed by atoms with Crippen molar-refractivity contribution in [3.05, 3.63) is 0 Å². The van der Waals surface area contributed by atoms with Crippen LogP contribution in [-0.4, -0.2) is 35.8 Å². The topological polar surface area (TPSA) is 91.7 Å². The Bertz CT molecular complexity index is 280. The van der Waals surface area contributed by atoms with Crippen molar-refractivity contribution in [3.8, 4) is 0 Å². The molecule has 0 saturated carbocycles. The van der Waals surface area contributed by atoms with Gasteiger partial charge in [-0.25, -0.2) is 8.42 Å². The molecule has 0 radical (unpaired) electrons. The molecule has 0 aromatic carbocycles. The molecule has 84 valence electrons. The summed E-state index contributed by atoms with van der Waals surface area (Å²) in [6.45, 7) is 3.72. The Kier molecular flexibility index (Phi) is 5.07. The van der Waals surface area contributed by atoms with Crippen LogP contribution in [0.15, 0.2) is 0 Å². The third-order valence-electron chi connectivity index (χ3n) is 1.74. The fourth-order valence-corrected chi connectivity index (χ4v) is 2.28. The van der Waals surface area contributed by atoms with E-state index >= 15 is 0 Å². The zero-order valence-electron chi connectivity index (χ0n) is 8.30. The molecule has 0 spiro atoms. The molecule has 6 heteroatoms. The minimum Gasteiger partial charge on any atom is -0.481 e. The fraction of sp³-hybridized carbons (Fsp3) is 0.875. The number of aliphatic hydroxyl groups excluding tert-OH is 1. The summed E-state index contributed by atoms with van der Waals surface area (Å²) in [6.07, 6.45) is -0.320. The van der Waals surface area contributed by atoms with Crippen molar-refractivity contribution in [3.63, 3.8) is 0 Å². The number of carboxylic acids is 1. The summed E-state index contributed by atoms with van der Waals surface area (Å²) >= 11 is 0. The van der Waals surface area contributed by atoms with E-state index in [0.29, 0.717) is 6.42 Å². The molecule has 0 rings (SSSR count). The van der Waals surface area contributed by atoms with Gasteiger partial charge in [0.1, 0.15) is 0 Å². The van der Waals surface area contributed by atoms with Crippen LogP contribution >= 0.6 is 0 Å². The van der Waals surface area contributed by atoms with E-state index in [4.69, 9.17) is 10.2 Å². The second-order valence-electron chi connectivity index (χ2n) is 3.60. The van der Waals surface area contributed by atoms with E-state index in [9.17, 15) is 13.2 Å². The van der Waals surface area contributed by atoms with E-state index in [1.54, 1.807) is 0 Å². The van der Waals surface area contributed by atoms with Gasteiger partial charge in [0.15, 0.2) is 15.3 Å². The average molecular weight is 224 g/mol. The van der Waals surface area contributed by atoms with E-state index in [2.05, 4.69) is 0 Å². The highest BCUT2D eigenvalue weighted by molar-refractivity contribution is 7.91. The van der Waals surface area contributed by atoms with Gasteiger partial charge < -0.3 is 10.2 Å². The molecule has 0 heterocycles. The van der Waals surface area contributed by atoms with Gasteiger partial charge in [-0.15, -0.1) is 0 Å². The summed E-state index contributed by atoms with van der Waals surface area (Å²) in [5.41, 5.74) is -1.78. The first kappa shape index (κ1) is 13.4. The van der Waals surface area contributed by atoms with Gasteiger partial charge in [-0.3, -0.25) is 4.79 Å². The first-order valence-corrected chi connectivity index (χ1v) is 6.08. The third kappa shape index (κ3) is 5.18. The summed E-state index contributed by atoms with van der Waals surface area (Å²) in [4.78, 5) is 10.2. The Hall–Kier alpha value is -0.620. The molecule has 0 aromatic heterocycles. The van der Waals surface area contributed by atoms with Gasteiger partial charge in [0.25, 0.3) is 0 Å². The van der Waals surface area contributed by atoms with Gasteiger partial charge >= 0.3 is 5.97 Å². The average Bonchev–Trinajstić information content (AvgIpc) is 1.99. The number of hydrogen-bond acceptors (Lipinski definition) is 4. The van der Waals surface area contributed by atoms with Crippen LogP contribution in [0.3, 0.4) is 0 Å². The smallest absolute Gasteiger partial charge is 0.307 e. The highest BCUT2D eigenvalue weighted by Crippen LogP contribution is 2.09. The number of aliphatic carboxylic acids is 1. The van der Waals surface area contributed by atoms with Crippen LogP contribution < -0.4 is 0 Å². The predicted octanol–water partition coefficient (Wildman–Crippen LogP) is 0.240. The lowest BCUT2D eigenvalue weighted by atomic mass is 10.2. The van der Waals surface area contributed by atoms with E-state index in [-0.39, 0.29) is 11.7 Å². The largest absolute Gasteiger partial charge is 0.481 e. The zero-order chi connectivity index (χ0) is 11.4. The number of sulfone groups is 1. The van der Waals surface area contributed by atoms with Crippen LogP contribution in [0.4, 0.5) is 0 Å². The number of carbonyl (C=O) groups is 1. The molecule has 0 aliphatic carbocycles. The normalized spacial score (nSPS) is 14.3. The highest BCUT2D eigenvalue weighted by atomic mass is 32.2. The maximum Gasteiger partial charge on any atom is 0.307 e. The molecular weight excluding hydrogens is 208 g/mol. The lowest BCUT2D eigenvalue weighted by molar-refractivity contribution is -0.138. The molecule has 0 fully saturated rings. The molecular formula is C8H16O5S. The molecule has 5 nitrogen and oxygen atoms in total. The lowest BCUT2D eigenvalue weighted by Crippen LogP contribution is -2.27. The lowest BCUT2D eigenvalue weighted by Gasteiger charge is -2.10. The minimum atomic E-state index is -3.68. The molecule has 0 amide bonds. The van der Waals surface area contributed by atoms with Gasteiger partial charge in [0, 0.05) is 0 Å². The molecule has 0 aliphatic heterocycles. The first-order chi connectivity index (χ1) is 6.25. The molecule has 1 atom stereocenters. The molecule has 0 saturated heterocycles. The van der Waals surface area contributed by atoms with Crippen molar-refractivity contribution in [1.29, 1.82) is 0 Å². The summed E-state index contributed by atoms with van der Waals surface area (Å²) in [5.74, 6) is -1.27. The minimum absolute atomic E-state index is 0.168. The predicted molar refractivity (Wildman–Crippen MR) is 51.5 cm³/mol. The SMILES string of the molecule is CC(C)CCS(=O)(=O)C(O)CC(=O)O. The third-order valence-corrected chi connectivity index (χ3v) is 3.54. The maximum atomic E-state index is 11.3. The number of carboxylic acid groups (broad SMARTS) is 1. The highest BCUT2D eigenvalue weighted by Gasteiger charge is 2.25. The second-order valence-corrected chi connectivity index (χ2v) is 5.88. The Morgan fingerprint density at radius 1 is 1.36 bits per heavy atom. The van der Waals surface area contributed by atoms with Gasteiger partial charge in [0.2, 0.25) is 0 Å². The molecule has 2 N–H and O–H groups in total. The van der Waals surface area contributed by atoms with E-state index < -0.39 is 27.7 Å². The quantitative estimate of drug-likeness (QED) is 0.674. The molecule has 0 aliphatic rings. The van der Waals surface area contributed by atoms with Crippen LogP contribution in [0.2, 0.25) is 0 Å². The summed E-state index contributed by atoms with van der Waals surface area (Å²) in [7, 11) is -3.68. The second kappa shape index (κ2) is 5.31. The van der Waals surface area contributed by atoms with Crippen molar-refractivity contribution >= 4 is 15.8 Å². The van der Waals surface area contributed by atoms with Crippen LogP contribution in [0, 0.1) is 5.92 Å². The van der Waals surface area contributed by atoms with Crippen LogP contribution in [0.5, 0.6) is 0 Å². The van der Waals surface area contributed by atoms with Crippen molar-refractivity contribution in [2.24, 2.45) is 5.92 Å². The Balaban J connectivity index is 4.24. The maximum absolute atomic E-state index is 11.3. The summed E-state index contributed by atoms with van der Waals surface area (Å²) < 4.78 is 22.5. The van der Waals surface area contributed by atoms with Gasteiger partial charge in [0.05, 0.1) is 12.2 Å². The van der Waals surface area contributed by atoms with Crippen molar-refractivity contribution < 1.29 is 23.4 Å². The monoisotopic (exact) mass is 224 g/mol. The Morgan fingerprint density at radius 2 is 1.86 bits per heavy atom. The van der Waals surface area contributed by atoms with E-state index in [0.717, 1.165) is 0 Å². The standard InChI is InChI=1S/C8H16O5S/c1-6(2)3-4-14(12,13)8(11)5-7(9)10/h6,8,11H,3-5H2,1-2H3,(H,9,10). The summed E-state index contributed by atoms with van der Waals surface area (Å²) in [5, 5.41) is 17.4. The van der Waals surface area contributed by atoms with Gasteiger partial charge in [-0.05, 0) is 12.3 Å². The van der Waals surface area contributed by atoms with Crippen molar-refractivity contribution in [2.45, 2.75) is 32.1 Å². The van der Waals surface area contributed by atoms with Crippen LogP contribution in [0.1, 0.15) is 26.7 Å². The first-order valence-electron chi connectivity index (χ1n) is 4.37. The molecule has 0 aromatic rings. The Morgan fingerprint density at radius 3 is 2.21 bits per heavy atom. The van der Waals surface area contributed by atoms with Crippen molar-refractivity contribution in [2.75, 3.05) is 5.75 Å². The molecule has 14 heavy (non-hydrogen) atoms. The van der Waals surface area contributed by atoms with E-state index in [1.807, 2.05) is 13.8 Å². The van der Waals surface area contributed by atoms with Crippen LogP contribution in [-0.2, 0) is 14.6 Å². The van der Waals surface area contributed by atoms with Crippen LogP contribution in [0.25, 0.3) is 0 Å². The van der Waals surface area contributed by atoms with Gasteiger partial charge in [-0.1, -0.05) is 13.8 Å². The van der Waals surface area contributed by atoms with Crippen molar-refractivity contribution in [1.82, 2.24) is 0 Å². The number of rotatable bonds is 6. The zero-order valence-corrected chi connectivity index (χ0v) is 9.12. The molecule has 0 bridgehead atoms. The fourth-order valence-electron chi connectivity index (χ4n) is 0.812. The number of hydrogen-bond donors (Lipinski definition) is 2. The summed E-state index contributed by atoms with van der Waals surface area (Å²) in [6, 6.07) is 0. The van der Waals surface area contributed by atoms with E-state index in [1.165, 1.54) is 0 Å². The Labute approximate surface area is 83.7 Å². The van der Waals surface area contributed by atoms with Gasteiger partial charge in [-0.2, -0.15) is 0 Å².